The maximum absolute atomic E-state index is 11.2. The summed E-state index contributed by atoms with van der Waals surface area (Å²) in [6.45, 7) is 0.820. The quantitative estimate of drug-likeness (QED) is 0.644. The van der Waals surface area contributed by atoms with Crippen LogP contribution in [-0.4, -0.2) is 38.8 Å². The summed E-state index contributed by atoms with van der Waals surface area (Å²) >= 11 is 0. The van der Waals surface area contributed by atoms with Gasteiger partial charge in [0.05, 0.1) is 6.04 Å². The first-order chi connectivity index (χ1) is 5.49. The average molecular weight is 191 g/mol. The Hall–Kier alpha value is -0.420. The number of carbonyl (C=O) groups is 1. The van der Waals surface area contributed by atoms with E-state index in [1.165, 1.54) is 0 Å². The molecule has 1 fully saturated rings. The number of sulfone groups is 1. The Kier molecular flexibility index (Phi) is 2.85. The van der Waals surface area contributed by atoms with Gasteiger partial charge in [0, 0.05) is 6.26 Å². The molecule has 1 saturated heterocycles. The van der Waals surface area contributed by atoms with E-state index in [1.54, 1.807) is 0 Å². The molecule has 5 heteroatoms. The summed E-state index contributed by atoms with van der Waals surface area (Å²) < 4.78 is 21.5. The number of hydrogen-bond donors (Lipinski definition) is 1. The first kappa shape index (κ1) is 9.67. The number of hydrogen-bond acceptors (Lipinski definition) is 4. The average Bonchev–Trinajstić information content (AvgIpc) is 2.32. The van der Waals surface area contributed by atoms with Crippen molar-refractivity contribution in [3.05, 3.63) is 0 Å². The molecule has 70 valence electrons. The van der Waals surface area contributed by atoms with Gasteiger partial charge in [0.15, 0.2) is 15.6 Å². The van der Waals surface area contributed by atoms with Crippen LogP contribution in [0.4, 0.5) is 0 Å². The first-order valence-corrected chi connectivity index (χ1v) is 5.99. The molecular formula is C7H13NO3S. The Morgan fingerprint density at radius 1 is 1.58 bits per heavy atom. The van der Waals surface area contributed by atoms with Crippen LogP contribution >= 0.6 is 0 Å². The molecule has 0 spiro atoms. The van der Waals surface area contributed by atoms with E-state index in [2.05, 4.69) is 5.32 Å². The molecule has 1 aliphatic rings. The van der Waals surface area contributed by atoms with E-state index in [4.69, 9.17) is 0 Å². The summed E-state index contributed by atoms with van der Waals surface area (Å²) in [5.74, 6) is -0.528. The van der Waals surface area contributed by atoms with Crippen LogP contribution in [0.25, 0.3) is 0 Å². The summed E-state index contributed by atoms with van der Waals surface area (Å²) in [5, 5.41) is 2.96. The summed E-state index contributed by atoms with van der Waals surface area (Å²) in [7, 11) is -3.15. The van der Waals surface area contributed by atoms with Gasteiger partial charge < -0.3 is 5.32 Å². The molecule has 0 aromatic carbocycles. The fraction of sp³-hybridized carbons (Fsp3) is 0.857. The Labute approximate surface area is 72.3 Å². The van der Waals surface area contributed by atoms with Gasteiger partial charge in [0.25, 0.3) is 0 Å². The van der Waals surface area contributed by atoms with Crippen molar-refractivity contribution in [2.45, 2.75) is 18.9 Å². The van der Waals surface area contributed by atoms with Gasteiger partial charge in [-0.3, -0.25) is 4.79 Å². The van der Waals surface area contributed by atoms with E-state index in [0.717, 1.165) is 25.6 Å². The van der Waals surface area contributed by atoms with Crippen LogP contribution in [0.1, 0.15) is 12.8 Å². The summed E-state index contributed by atoms with van der Waals surface area (Å²) in [4.78, 5) is 11.2. The van der Waals surface area contributed by atoms with Crippen molar-refractivity contribution in [2.75, 3.05) is 18.6 Å². The number of carbonyl (C=O) groups excluding carboxylic acids is 1. The highest BCUT2D eigenvalue weighted by atomic mass is 32.2. The van der Waals surface area contributed by atoms with Crippen molar-refractivity contribution >= 4 is 15.6 Å². The third kappa shape index (κ3) is 2.91. The smallest absolute Gasteiger partial charge is 0.164 e. The third-order valence-corrected chi connectivity index (χ3v) is 2.66. The predicted octanol–water partition coefficient (Wildman–Crippen LogP) is -0.648. The molecule has 0 saturated carbocycles. The molecule has 0 aromatic heterocycles. The van der Waals surface area contributed by atoms with Crippen molar-refractivity contribution in [2.24, 2.45) is 0 Å². The van der Waals surface area contributed by atoms with Gasteiger partial charge >= 0.3 is 0 Å². The van der Waals surface area contributed by atoms with Crippen LogP contribution in [0.3, 0.4) is 0 Å². The lowest BCUT2D eigenvalue weighted by atomic mass is 10.2. The summed E-state index contributed by atoms with van der Waals surface area (Å²) in [5.41, 5.74) is 0. The van der Waals surface area contributed by atoms with Crippen molar-refractivity contribution in [3.8, 4) is 0 Å². The van der Waals surface area contributed by atoms with Gasteiger partial charge in [0.2, 0.25) is 0 Å². The van der Waals surface area contributed by atoms with E-state index in [1.807, 2.05) is 0 Å². The van der Waals surface area contributed by atoms with E-state index in [9.17, 15) is 13.2 Å². The highest BCUT2D eigenvalue weighted by molar-refractivity contribution is 7.91. The molecule has 0 radical (unpaired) electrons. The molecule has 1 atom stereocenters. The van der Waals surface area contributed by atoms with Crippen molar-refractivity contribution in [1.82, 2.24) is 5.32 Å². The van der Waals surface area contributed by atoms with Crippen LogP contribution in [0.15, 0.2) is 0 Å². The van der Waals surface area contributed by atoms with Crippen molar-refractivity contribution < 1.29 is 13.2 Å². The SMILES string of the molecule is CS(=O)(=O)CC(=O)C1CCCN1. The lowest BCUT2D eigenvalue weighted by Gasteiger charge is -2.06. The molecule has 1 unspecified atom stereocenters. The maximum Gasteiger partial charge on any atom is 0.164 e. The molecule has 0 aliphatic carbocycles. The van der Waals surface area contributed by atoms with Crippen LogP contribution in [0.2, 0.25) is 0 Å². The van der Waals surface area contributed by atoms with Gasteiger partial charge in [0.1, 0.15) is 5.75 Å². The van der Waals surface area contributed by atoms with Crippen LogP contribution in [0, 0.1) is 0 Å². The van der Waals surface area contributed by atoms with Crippen molar-refractivity contribution in [1.29, 1.82) is 0 Å². The number of ketones is 1. The van der Waals surface area contributed by atoms with Gasteiger partial charge in [-0.1, -0.05) is 0 Å². The minimum Gasteiger partial charge on any atom is -0.307 e. The molecule has 1 aliphatic heterocycles. The monoisotopic (exact) mass is 191 g/mol. The normalized spacial score (nSPS) is 24.2. The summed E-state index contributed by atoms with van der Waals surface area (Å²) in [6.07, 6.45) is 2.81. The molecular weight excluding hydrogens is 178 g/mol. The number of Topliss-reactive ketones (excluding diaryl/α,β-unsaturated/α-hetero) is 1. The Morgan fingerprint density at radius 3 is 2.67 bits per heavy atom. The zero-order valence-electron chi connectivity index (χ0n) is 7.04. The lowest BCUT2D eigenvalue weighted by molar-refractivity contribution is -0.118. The lowest BCUT2D eigenvalue weighted by Crippen LogP contribution is -2.34. The molecule has 1 N–H and O–H groups in total. The molecule has 1 rings (SSSR count). The molecule has 1 heterocycles. The zero-order chi connectivity index (χ0) is 9.19. The van der Waals surface area contributed by atoms with Crippen LogP contribution < -0.4 is 5.32 Å². The number of nitrogens with one attached hydrogen (secondary N) is 1. The van der Waals surface area contributed by atoms with Crippen LogP contribution in [-0.2, 0) is 14.6 Å². The standard InChI is InChI=1S/C7H13NO3S/c1-12(10,11)5-7(9)6-3-2-4-8-6/h6,8H,2-5H2,1H3. The Morgan fingerprint density at radius 2 is 2.25 bits per heavy atom. The minimum atomic E-state index is -3.15. The fourth-order valence-corrected chi connectivity index (χ4v) is 2.04. The second-order valence-corrected chi connectivity index (χ2v) is 5.33. The maximum atomic E-state index is 11.2. The van der Waals surface area contributed by atoms with E-state index >= 15 is 0 Å². The second-order valence-electron chi connectivity index (χ2n) is 3.19. The summed E-state index contributed by atoms with van der Waals surface area (Å²) in [6, 6.07) is -0.222. The highest BCUT2D eigenvalue weighted by Crippen LogP contribution is 2.06. The van der Waals surface area contributed by atoms with Gasteiger partial charge in [-0.05, 0) is 19.4 Å². The fourth-order valence-electron chi connectivity index (χ4n) is 1.32. The molecule has 0 aromatic rings. The van der Waals surface area contributed by atoms with Crippen LogP contribution in [0.5, 0.6) is 0 Å². The van der Waals surface area contributed by atoms with E-state index in [-0.39, 0.29) is 17.6 Å². The third-order valence-electron chi connectivity index (χ3n) is 1.85. The highest BCUT2D eigenvalue weighted by Gasteiger charge is 2.24. The zero-order valence-corrected chi connectivity index (χ0v) is 7.86. The van der Waals surface area contributed by atoms with Gasteiger partial charge in [-0.15, -0.1) is 0 Å². The largest absolute Gasteiger partial charge is 0.307 e. The van der Waals surface area contributed by atoms with E-state index < -0.39 is 9.84 Å². The minimum absolute atomic E-state index is 0.199. The second kappa shape index (κ2) is 3.53. The Bertz CT molecular complexity index is 264. The van der Waals surface area contributed by atoms with Gasteiger partial charge in [-0.2, -0.15) is 0 Å². The molecule has 0 bridgehead atoms. The number of rotatable bonds is 3. The molecule has 0 amide bonds. The Balaban J connectivity index is 2.48. The van der Waals surface area contributed by atoms with Gasteiger partial charge in [-0.25, -0.2) is 8.42 Å². The molecule has 12 heavy (non-hydrogen) atoms. The topological polar surface area (TPSA) is 63.2 Å². The van der Waals surface area contributed by atoms with Crippen molar-refractivity contribution in [3.63, 3.8) is 0 Å². The predicted molar refractivity (Wildman–Crippen MR) is 45.7 cm³/mol. The van der Waals surface area contributed by atoms with E-state index in [0.29, 0.717) is 0 Å². The first-order valence-electron chi connectivity index (χ1n) is 3.93. The molecule has 4 nitrogen and oxygen atoms in total.